The monoisotopic (exact) mass is 273 g/mol. The number of rotatable bonds is 2. The number of carbonyl (C=O) groups is 2. The Hall–Kier alpha value is -1.84. The SMILES string of the molecule is CN1C(=O)Cc2cccc(C3(C(=O)O)CCCCC3)c21. The Labute approximate surface area is 118 Å². The van der Waals surface area contributed by atoms with Gasteiger partial charge in [-0.15, -0.1) is 0 Å². The van der Waals surface area contributed by atoms with Crippen LogP contribution < -0.4 is 4.90 Å². The van der Waals surface area contributed by atoms with Crippen LogP contribution in [0.4, 0.5) is 5.69 Å². The second-order valence-electron chi connectivity index (χ2n) is 5.89. The first-order valence-electron chi connectivity index (χ1n) is 7.18. The van der Waals surface area contributed by atoms with Gasteiger partial charge in [0.1, 0.15) is 0 Å². The van der Waals surface area contributed by atoms with Gasteiger partial charge in [-0.3, -0.25) is 9.59 Å². The fourth-order valence-electron chi connectivity index (χ4n) is 3.68. The minimum atomic E-state index is -0.817. The summed E-state index contributed by atoms with van der Waals surface area (Å²) in [6.07, 6.45) is 4.69. The lowest BCUT2D eigenvalue weighted by atomic mass is 9.68. The number of para-hydroxylation sites is 1. The van der Waals surface area contributed by atoms with Crippen molar-refractivity contribution in [2.75, 3.05) is 11.9 Å². The number of benzene rings is 1. The number of carboxylic acid groups (broad SMARTS) is 1. The topological polar surface area (TPSA) is 57.6 Å². The summed E-state index contributed by atoms with van der Waals surface area (Å²) in [6, 6.07) is 5.71. The van der Waals surface area contributed by atoms with Crippen molar-refractivity contribution in [2.24, 2.45) is 0 Å². The van der Waals surface area contributed by atoms with Crippen molar-refractivity contribution in [1.29, 1.82) is 0 Å². The highest BCUT2D eigenvalue weighted by atomic mass is 16.4. The van der Waals surface area contributed by atoms with Crippen LogP contribution >= 0.6 is 0 Å². The van der Waals surface area contributed by atoms with E-state index < -0.39 is 11.4 Å². The maximum atomic E-state index is 12.0. The molecule has 0 aromatic heterocycles. The largest absolute Gasteiger partial charge is 0.481 e. The number of aliphatic carboxylic acids is 1. The van der Waals surface area contributed by atoms with E-state index in [1.165, 1.54) is 0 Å². The van der Waals surface area contributed by atoms with E-state index in [-0.39, 0.29) is 5.91 Å². The summed E-state index contributed by atoms with van der Waals surface area (Å²) >= 11 is 0. The zero-order valence-corrected chi connectivity index (χ0v) is 11.7. The minimum absolute atomic E-state index is 0.0452. The van der Waals surface area contributed by atoms with Crippen molar-refractivity contribution in [3.63, 3.8) is 0 Å². The Bertz CT molecular complexity index is 573. The van der Waals surface area contributed by atoms with E-state index in [4.69, 9.17) is 0 Å². The van der Waals surface area contributed by atoms with Gasteiger partial charge >= 0.3 is 5.97 Å². The average Bonchev–Trinajstić information content (AvgIpc) is 2.75. The third-order valence-electron chi connectivity index (χ3n) is 4.80. The van der Waals surface area contributed by atoms with E-state index in [0.29, 0.717) is 19.3 Å². The molecule has 1 heterocycles. The van der Waals surface area contributed by atoms with Gasteiger partial charge in [0.15, 0.2) is 0 Å². The zero-order valence-electron chi connectivity index (χ0n) is 11.7. The van der Waals surface area contributed by atoms with Crippen molar-refractivity contribution >= 4 is 17.6 Å². The first-order chi connectivity index (χ1) is 9.56. The number of carboxylic acids is 1. The number of hydrogen-bond acceptors (Lipinski definition) is 2. The quantitative estimate of drug-likeness (QED) is 0.900. The molecule has 4 nitrogen and oxygen atoms in total. The predicted octanol–water partition coefficient (Wildman–Crippen LogP) is 2.49. The number of anilines is 1. The summed E-state index contributed by atoms with van der Waals surface area (Å²) in [7, 11) is 1.75. The van der Waals surface area contributed by atoms with Gasteiger partial charge in [-0.25, -0.2) is 0 Å². The first kappa shape index (κ1) is 13.2. The number of hydrogen-bond donors (Lipinski definition) is 1. The van der Waals surface area contributed by atoms with Crippen LogP contribution in [0.15, 0.2) is 18.2 Å². The van der Waals surface area contributed by atoms with Gasteiger partial charge in [-0.2, -0.15) is 0 Å². The fraction of sp³-hybridized carbons (Fsp3) is 0.500. The number of fused-ring (bicyclic) bond motifs is 1. The molecule has 0 bridgehead atoms. The smallest absolute Gasteiger partial charge is 0.314 e. The number of likely N-dealkylation sites (N-methyl/N-ethyl adjacent to an activating group) is 1. The van der Waals surface area contributed by atoms with E-state index in [2.05, 4.69) is 0 Å². The Morgan fingerprint density at radius 2 is 1.95 bits per heavy atom. The van der Waals surface area contributed by atoms with Crippen LogP contribution in [0, 0.1) is 0 Å². The summed E-state index contributed by atoms with van der Waals surface area (Å²) in [6.45, 7) is 0. The van der Waals surface area contributed by atoms with Gasteiger partial charge in [-0.05, 0) is 24.0 Å². The van der Waals surface area contributed by atoms with Crippen LogP contribution in [-0.2, 0) is 21.4 Å². The van der Waals surface area contributed by atoms with Gasteiger partial charge in [0.05, 0.1) is 17.5 Å². The highest BCUT2D eigenvalue weighted by molar-refractivity contribution is 6.03. The summed E-state index contributed by atoms with van der Waals surface area (Å²) in [5.41, 5.74) is 1.81. The van der Waals surface area contributed by atoms with Crippen molar-refractivity contribution in [2.45, 2.75) is 43.9 Å². The summed E-state index contributed by atoms with van der Waals surface area (Å²) < 4.78 is 0. The van der Waals surface area contributed by atoms with Crippen LogP contribution in [0.3, 0.4) is 0 Å². The van der Waals surface area contributed by atoms with Crippen molar-refractivity contribution in [3.05, 3.63) is 29.3 Å². The molecule has 0 saturated heterocycles. The molecule has 1 amide bonds. The van der Waals surface area contributed by atoms with Gasteiger partial charge in [0, 0.05) is 7.05 Å². The molecule has 0 unspecified atom stereocenters. The molecule has 1 aromatic rings. The van der Waals surface area contributed by atoms with E-state index in [1.807, 2.05) is 18.2 Å². The predicted molar refractivity (Wildman–Crippen MR) is 76.0 cm³/mol. The molecule has 1 aromatic carbocycles. The van der Waals surface area contributed by atoms with Crippen LogP contribution in [0.1, 0.15) is 43.2 Å². The molecule has 1 fully saturated rings. The van der Waals surface area contributed by atoms with Crippen molar-refractivity contribution in [3.8, 4) is 0 Å². The van der Waals surface area contributed by atoms with Gasteiger partial charge in [0.2, 0.25) is 5.91 Å². The molecule has 4 heteroatoms. The van der Waals surface area contributed by atoms with Crippen molar-refractivity contribution < 1.29 is 14.7 Å². The third kappa shape index (κ3) is 1.74. The average molecular weight is 273 g/mol. The highest BCUT2D eigenvalue weighted by Gasteiger charge is 2.45. The lowest BCUT2D eigenvalue weighted by molar-refractivity contribution is -0.145. The second kappa shape index (κ2) is 4.62. The second-order valence-corrected chi connectivity index (χ2v) is 5.89. The standard InChI is InChI=1S/C16H19NO3/c1-17-13(18)10-11-6-5-7-12(14(11)17)16(15(19)20)8-3-2-4-9-16/h5-7H,2-4,8-10H2,1H3,(H,19,20). The zero-order chi connectivity index (χ0) is 14.3. The van der Waals surface area contributed by atoms with Crippen LogP contribution in [0.5, 0.6) is 0 Å². The summed E-state index contributed by atoms with van der Waals surface area (Å²) in [4.78, 5) is 25.5. The fourth-order valence-corrected chi connectivity index (χ4v) is 3.68. The molecular formula is C16H19NO3. The van der Waals surface area contributed by atoms with E-state index in [1.54, 1.807) is 11.9 Å². The number of amides is 1. The summed E-state index contributed by atoms with van der Waals surface area (Å²) in [5, 5.41) is 9.82. The van der Waals surface area contributed by atoms with Crippen LogP contribution in [0.25, 0.3) is 0 Å². The Morgan fingerprint density at radius 3 is 2.60 bits per heavy atom. The van der Waals surface area contributed by atoms with Crippen molar-refractivity contribution in [1.82, 2.24) is 0 Å². The summed E-state index contributed by atoms with van der Waals surface area (Å²) in [5.74, 6) is -0.706. The molecule has 1 saturated carbocycles. The Morgan fingerprint density at radius 1 is 1.25 bits per heavy atom. The molecule has 1 aliphatic carbocycles. The first-order valence-corrected chi connectivity index (χ1v) is 7.18. The van der Waals surface area contributed by atoms with Crippen LogP contribution in [0.2, 0.25) is 0 Å². The van der Waals surface area contributed by atoms with E-state index in [0.717, 1.165) is 36.1 Å². The molecular weight excluding hydrogens is 254 g/mol. The van der Waals surface area contributed by atoms with E-state index >= 15 is 0 Å². The lowest BCUT2D eigenvalue weighted by Crippen LogP contribution is -2.39. The molecule has 106 valence electrons. The maximum Gasteiger partial charge on any atom is 0.314 e. The Balaban J connectivity index is 2.17. The highest BCUT2D eigenvalue weighted by Crippen LogP contribution is 2.46. The van der Waals surface area contributed by atoms with Gasteiger partial charge in [-0.1, -0.05) is 37.5 Å². The molecule has 0 spiro atoms. The molecule has 3 rings (SSSR count). The molecule has 0 radical (unpaired) electrons. The van der Waals surface area contributed by atoms with E-state index in [9.17, 15) is 14.7 Å². The molecule has 2 aliphatic rings. The minimum Gasteiger partial charge on any atom is -0.481 e. The normalized spacial score (nSPS) is 20.9. The molecule has 20 heavy (non-hydrogen) atoms. The lowest BCUT2D eigenvalue weighted by Gasteiger charge is -2.35. The molecule has 0 atom stereocenters. The van der Waals surface area contributed by atoms with Crippen LogP contribution in [-0.4, -0.2) is 24.0 Å². The Kier molecular flexibility index (Phi) is 3.04. The molecule has 1 aliphatic heterocycles. The molecule has 1 N–H and O–H groups in total. The third-order valence-corrected chi connectivity index (χ3v) is 4.80. The maximum absolute atomic E-state index is 12.0. The van der Waals surface area contributed by atoms with Gasteiger partial charge < -0.3 is 10.0 Å². The van der Waals surface area contributed by atoms with Gasteiger partial charge in [0.25, 0.3) is 0 Å². The number of carbonyl (C=O) groups excluding carboxylic acids is 1. The number of nitrogens with zero attached hydrogens (tertiary/aromatic N) is 1.